The molecule has 0 bridgehead atoms. The van der Waals surface area contributed by atoms with Gasteiger partial charge in [0.05, 0.1) is 13.1 Å². The van der Waals surface area contributed by atoms with Crippen molar-refractivity contribution in [2.24, 2.45) is 4.99 Å². The first-order valence-electron chi connectivity index (χ1n) is 8.93. The third-order valence-corrected chi connectivity index (χ3v) is 4.53. The maximum atomic E-state index is 5.89. The number of hydrogen-bond acceptors (Lipinski definition) is 4. The molecule has 0 fully saturated rings. The highest BCUT2D eigenvalue weighted by atomic mass is 127. The maximum Gasteiger partial charge on any atom is 0.191 e. The zero-order chi connectivity index (χ0) is 18.4. The fourth-order valence-electron chi connectivity index (χ4n) is 2.91. The summed E-state index contributed by atoms with van der Waals surface area (Å²) in [6.45, 7) is 4.22. The molecule has 0 spiro atoms. The van der Waals surface area contributed by atoms with E-state index in [4.69, 9.17) is 16.3 Å². The molecule has 1 aliphatic rings. The van der Waals surface area contributed by atoms with Gasteiger partial charge in [0.25, 0.3) is 0 Å². The Balaban J connectivity index is 0.00000261. The molecule has 1 aromatic carbocycles. The number of nitrogens with one attached hydrogen (secondary N) is 2. The summed E-state index contributed by atoms with van der Waals surface area (Å²) in [5, 5.41) is 15.8. The Labute approximate surface area is 182 Å². The Morgan fingerprint density at radius 3 is 2.78 bits per heavy atom. The number of aliphatic imine (C=N–C) groups is 1. The molecule has 0 radical (unpaired) electrons. The van der Waals surface area contributed by atoms with E-state index in [0.29, 0.717) is 24.1 Å². The molecule has 2 heterocycles. The van der Waals surface area contributed by atoms with Crippen LogP contribution in [0.4, 0.5) is 0 Å². The SMILES string of the molecule is CN=C(NCc1nnc2n1CCCC2)NCC(C)Oc1ccc(Cl)cc1.I. The van der Waals surface area contributed by atoms with Crippen molar-refractivity contribution in [3.8, 4) is 5.75 Å². The van der Waals surface area contributed by atoms with Gasteiger partial charge in [0, 0.05) is 25.0 Å². The van der Waals surface area contributed by atoms with Gasteiger partial charge in [-0.1, -0.05) is 11.6 Å². The minimum Gasteiger partial charge on any atom is -0.489 e. The number of aromatic nitrogens is 3. The third-order valence-electron chi connectivity index (χ3n) is 4.28. The molecule has 3 rings (SSSR count). The number of rotatable bonds is 6. The number of nitrogens with zero attached hydrogens (tertiary/aromatic N) is 4. The second kappa shape index (κ2) is 10.7. The van der Waals surface area contributed by atoms with E-state index in [1.807, 2.05) is 31.2 Å². The molecule has 7 nitrogen and oxygen atoms in total. The first kappa shape index (κ1) is 21.7. The molecule has 2 N–H and O–H groups in total. The van der Waals surface area contributed by atoms with E-state index in [9.17, 15) is 0 Å². The van der Waals surface area contributed by atoms with Crippen molar-refractivity contribution in [2.45, 2.75) is 45.4 Å². The summed E-state index contributed by atoms with van der Waals surface area (Å²) in [5.74, 6) is 3.54. The fraction of sp³-hybridized carbons (Fsp3) is 0.500. The van der Waals surface area contributed by atoms with Gasteiger partial charge in [-0.2, -0.15) is 0 Å². The Bertz CT molecular complexity index is 749. The van der Waals surface area contributed by atoms with E-state index < -0.39 is 0 Å². The minimum absolute atomic E-state index is 0. The summed E-state index contributed by atoms with van der Waals surface area (Å²) in [7, 11) is 1.75. The molecule has 1 aromatic heterocycles. The van der Waals surface area contributed by atoms with Crippen molar-refractivity contribution >= 4 is 41.5 Å². The zero-order valence-electron chi connectivity index (χ0n) is 15.6. The smallest absolute Gasteiger partial charge is 0.191 e. The Hall–Kier alpha value is -1.55. The fourth-order valence-corrected chi connectivity index (χ4v) is 3.04. The monoisotopic (exact) mass is 504 g/mol. The number of fused-ring (bicyclic) bond motifs is 1. The normalized spacial score (nSPS) is 14.7. The second-order valence-electron chi connectivity index (χ2n) is 6.33. The number of ether oxygens (including phenoxy) is 1. The van der Waals surface area contributed by atoms with Crippen molar-refractivity contribution < 1.29 is 4.74 Å². The molecule has 1 unspecified atom stereocenters. The highest BCUT2D eigenvalue weighted by molar-refractivity contribution is 14.0. The predicted molar refractivity (Wildman–Crippen MR) is 118 cm³/mol. The lowest BCUT2D eigenvalue weighted by atomic mass is 10.2. The third kappa shape index (κ3) is 6.24. The molecule has 27 heavy (non-hydrogen) atoms. The van der Waals surface area contributed by atoms with Crippen LogP contribution in [-0.4, -0.2) is 40.4 Å². The molecular formula is C18H26ClIN6O. The number of benzene rings is 1. The zero-order valence-corrected chi connectivity index (χ0v) is 18.7. The summed E-state index contributed by atoms with van der Waals surface area (Å²) in [6, 6.07) is 7.36. The van der Waals surface area contributed by atoms with Crippen molar-refractivity contribution in [1.82, 2.24) is 25.4 Å². The molecule has 0 saturated heterocycles. The highest BCUT2D eigenvalue weighted by Crippen LogP contribution is 2.16. The number of aryl methyl sites for hydroxylation is 1. The quantitative estimate of drug-likeness (QED) is 0.359. The Morgan fingerprint density at radius 2 is 2.04 bits per heavy atom. The van der Waals surface area contributed by atoms with E-state index in [2.05, 4.69) is 30.4 Å². The lowest BCUT2D eigenvalue weighted by Gasteiger charge is -2.18. The summed E-state index contributed by atoms with van der Waals surface area (Å²) < 4.78 is 8.06. The van der Waals surface area contributed by atoms with Crippen molar-refractivity contribution in [3.63, 3.8) is 0 Å². The van der Waals surface area contributed by atoms with E-state index >= 15 is 0 Å². The van der Waals surface area contributed by atoms with E-state index in [0.717, 1.165) is 30.4 Å². The van der Waals surface area contributed by atoms with Gasteiger partial charge >= 0.3 is 0 Å². The van der Waals surface area contributed by atoms with Crippen molar-refractivity contribution in [2.75, 3.05) is 13.6 Å². The Kier molecular flexibility index (Phi) is 8.62. The standard InChI is InChI=1S/C18H25ClN6O.HI/c1-13(26-15-8-6-14(19)7-9-15)11-21-18(20-2)22-12-17-24-23-16-5-3-4-10-25(16)17;/h6-9,13H,3-5,10-12H2,1-2H3,(H2,20,21,22);1H. The first-order chi connectivity index (χ1) is 12.7. The average molecular weight is 505 g/mol. The lowest BCUT2D eigenvalue weighted by Crippen LogP contribution is -2.41. The van der Waals surface area contributed by atoms with Gasteiger partial charge in [0.1, 0.15) is 17.7 Å². The van der Waals surface area contributed by atoms with Gasteiger partial charge in [-0.25, -0.2) is 0 Å². The summed E-state index contributed by atoms with van der Waals surface area (Å²) in [5.41, 5.74) is 0. The molecule has 148 valence electrons. The summed E-state index contributed by atoms with van der Waals surface area (Å²) in [4.78, 5) is 4.25. The van der Waals surface area contributed by atoms with Crippen molar-refractivity contribution in [1.29, 1.82) is 0 Å². The molecule has 0 aliphatic carbocycles. The van der Waals surface area contributed by atoms with Gasteiger partial charge in [0.2, 0.25) is 0 Å². The molecule has 0 saturated carbocycles. The lowest BCUT2D eigenvalue weighted by molar-refractivity contribution is 0.224. The maximum absolute atomic E-state index is 5.89. The van der Waals surface area contributed by atoms with Crippen LogP contribution in [0.2, 0.25) is 5.02 Å². The van der Waals surface area contributed by atoms with E-state index in [1.165, 1.54) is 12.8 Å². The van der Waals surface area contributed by atoms with Gasteiger partial charge in [-0.05, 0) is 44.0 Å². The molecular weight excluding hydrogens is 479 g/mol. The second-order valence-corrected chi connectivity index (χ2v) is 6.77. The predicted octanol–water partition coefficient (Wildman–Crippen LogP) is 3.02. The number of hydrogen-bond donors (Lipinski definition) is 2. The van der Waals surface area contributed by atoms with Crippen LogP contribution in [0.3, 0.4) is 0 Å². The first-order valence-corrected chi connectivity index (χ1v) is 9.31. The van der Waals surface area contributed by atoms with Crippen molar-refractivity contribution in [3.05, 3.63) is 40.9 Å². The molecule has 1 aliphatic heterocycles. The topological polar surface area (TPSA) is 76.4 Å². The van der Waals surface area contributed by atoms with Crippen LogP contribution in [0, 0.1) is 0 Å². The van der Waals surface area contributed by atoms with E-state index in [1.54, 1.807) is 7.05 Å². The molecule has 1 atom stereocenters. The van der Waals surface area contributed by atoms with Crippen LogP contribution in [0.5, 0.6) is 5.75 Å². The number of guanidine groups is 1. The largest absolute Gasteiger partial charge is 0.489 e. The Morgan fingerprint density at radius 1 is 1.26 bits per heavy atom. The van der Waals surface area contributed by atoms with Crippen LogP contribution in [-0.2, 0) is 19.5 Å². The molecule has 2 aromatic rings. The van der Waals surface area contributed by atoms with Crippen LogP contribution >= 0.6 is 35.6 Å². The summed E-state index contributed by atoms with van der Waals surface area (Å²) in [6.07, 6.45) is 3.38. The van der Waals surface area contributed by atoms with Gasteiger partial charge in [-0.15, -0.1) is 34.2 Å². The van der Waals surface area contributed by atoms with Crippen LogP contribution in [0.15, 0.2) is 29.3 Å². The molecule has 0 amide bonds. The number of halogens is 2. The van der Waals surface area contributed by atoms with Gasteiger partial charge in [-0.3, -0.25) is 4.99 Å². The van der Waals surface area contributed by atoms with Gasteiger partial charge < -0.3 is 19.9 Å². The van der Waals surface area contributed by atoms with Crippen LogP contribution < -0.4 is 15.4 Å². The molecule has 9 heteroatoms. The van der Waals surface area contributed by atoms with Crippen LogP contribution in [0.25, 0.3) is 0 Å². The summed E-state index contributed by atoms with van der Waals surface area (Å²) >= 11 is 5.89. The van der Waals surface area contributed by atoms with Gasteiger partial charge in [0.15, 0.2) is 11.8 Å². The van der Waals surface area contributed by atoms with E-state index in [-0.39, 0.29) is 30.1 Å². The van der Waals surface area contributed by atoms with Crippen LogP contribution in [0.1, 0.15) is 31.4 Å². The highest BCUT2D eigenvalue weighted by Gasteiger charge is 2.15. The minimum atomic E-state index is -0.0180. The average Bonchev–Trinajstić information content (AvgIpc) is 3.07.